The fraction of sp³-hybridized carbons (Fsp3) is 0.261. The molecule has 2 aliphatic rings. The van der Waals surface area contributed by atoms with Crippen LogP contribution in [0.15, 0.2) is 54.6 Å². The minimum Gasteiger partial charge on any atom is -0.319 e. The number of benzene rings is 2. The monoisotopic (exact) mass is 404 g/mol. The summed E-state index contributed by atoms with van der Waals surface area (Å²) in [5.41, 5.74) is 3.27. The van der Waals surface area contributed by atoms with E-state index in [0.717, 1.165) is 41.8 Å². The van der Waals surface area contributed by atoms with Crippen LogP contribution in [0.25, 0.3) is 5.69 Å². The number of hydrogen-bond acceptors (Lipinski definition) is 3. The van der Waals surface area contributed by atoms with Crippen LogP contribution in [0.3, 0.4) is 0 Å². The highest BCUT2D eigenvalue weighted by Crippen LogP contribution is 2.32. The summed E-state index contributed by atoms with van der Waals surface area (Å²) in [7, 11) is 0. The first kappa shape index (κ1) is 18.5. The zero-order chi connectivity index (χ0) is 20.9. The Bertz CT molecular complexity index is 1140. The Balaban J connectivity index is 1.48. The number of rotatable bonds is 4. The van der Waals surface area contributed by atoms with Gasteiger partial charge >= 0.3 is 6.03 Å². The second-order valence-corrected chi connectivity index (χ2v) is 7.93. The second kappa shape index (κ2) is 6.79. The van der Waals surface area contributed by atoms with E-state index in [1.54, 1.807) is 19.1 Å². The van der Waals surface area contributed by atoms with Crippen molar-refractivity contribution in [2.45, 2.75) is 38.3 Å². The molecule has 1 atom stereocenters. The zero-order valence-corrected chi connectivity index (χ0v) is 16.6. The van der Waals surface area contributed by atoms with Gasteiger partial charge in [0.15, 0.2) is 0 Å². The molecule has 1 N–H and O–H groups in total. The number of hydrogen-bond donors (Lipinski definition) is 1. The van der Waals surface area contributed by atoms with E-state index < -0.39 is 11.6 Å². The third-order valence-corrected chi connectivity index (χ3v) is 6.02. The van der Waals surface area contributed by atoms with Gasteiger partial charge in [0, 0.05) is 5.69 Å². The van der Waals surface area contributed by atoms with Gasteiger partial charge in [0.05, 0.1) is 17.9 Å². The third-order valence-electron chi connectivity index (χ3n) is 6.02. The Labute approximate surface area is 173 Å². The summed E-state index contributed by atoms with van der Waals surface area (Å²) in [5, 5.41) is 7.55. The summed E-state index contributed by atoms with van der Waals surface area (Å²) in [5.74, 6) is -0.593. The molecule has 1 unspecified atom stereocenters. The number of nitrogens with zero attached hydrogens (tertiary/aromatic N) is 3. The molecule has 0 saturated carbocycles. The Morgan fingerprint density at radius 1 is 1.07 bits per heavy atom. The number of amides is 3. The Morgan fingerprint density at radius 2 is 1.80 bits per heavy atom. The van der Waals surface area contributed by atoms with Crippen molar-refractivity contribution in [3.05, 3.63) is 82.9 Å². The lowest BCUT2D eigenvalue weighted by Gasteiger charge is -2.22. The zero-order valence-electron chi connectivity index (χ0n) is 16.6. The molecular formula is C23H21FN4O2. The molecule has 1 aliphatic carbocycles. The van der Waals surface area contributed by atoms with Gasteiger partial charge in [-0.05, 0) is 61.6 Å². The van der Waals surface area contributed by atoms with E-state index in [4.69, 9.17) is 5.10 Å². The number of nitrogens with one attached hydrogen (secondary N) is 1. The average Bonchev–Trinajstić information content (AvgIpc) is 3.41. The van der Waals surface area contributed by atoms with E-state index in [1.165, 1.54) is 17.0 Å². The summed E-state index contributed by atoms with van der Waals surface area (Å²) < 4.78 is 15.1. The van der Waals surface area contributed by atoms with Crippen molar-refractivity contribution in [2.24, 2.45) is 0 Å². The van der Waals surface area contributed by atoms with Crippen LogP contribution in [0, 0.1) is 5.82 Å². The number of fused-ring (bicyclic) bond motifs is 1. The number of halogens is 1. The summed E-state index contributed by atoms with van der Waals surface area (Å²) in [6, 6.07) is 15.0. The number of carbonyl (C=O) groups excluding carboxylic acids is 2. The first-order valence-electron chi connectivity index (χ1n) is 10.0. The molecule has 2 heterocycles. The maximum absolute atomic E-state index is 13.3. The average molecular weight is 404 g/mol. The number of imide groups is 1. The van der Waals surface area contributed by atoms with E-state index in [9.17, 15) is 14.0 Å². The fourth-order valence-corrected chi connectivity index (χ4v) is 4.39. The molecule has 0 radical (unpaired) electrons. The standard InChI is InChI=1S/C23H21FN4O2/c1-23(15-6-3-2-4-7-15)21(29)27(22(30)25-23)14-19-18-8-5-9-20(18)28(26-19)17-12-10-16(24)11-13-17/h2-4,6-7,10-13H,5,8-9,14H2,1H3,(H,25,30). The highest BCUT2D eigenvalue weighted by Gasteiger charge is 2.49. The molecule has 0 bridgehead atoms. The topological polar surface area (TPSA) is 67.2 Å². The lowest BCUT2D eigenvalue weighted by Crippen LogP contribution is -2.40. The smallest absolute Gasteiger partial charge is 0.319 e. The van der Waals surface area contributed by atoms with Crippen LogP contribution in [0.4, 0.5) is 9.18 Å². The van der Waals surface area contributed by atoms with E-state index >= 15 is 0 Å². The SMILES string of the molecule is CC1(c2ccccc2)NC(=O)N(Cc2nn(-c3ccc(F)cc3)c3c2CCC3)C1=O. The van der Waals surface area contributed by atoms with Gasteiger partial charge in [0.1, 0.15) is 11.4 Å². The molecule has 30 heavy (non-hydrogen) atoms. The first-order chi connectivity index (χ1) is 14.5. The highest BCUT2D eigenvalue weighted by atomic mass is 19.1. The quantitative estimate of drug-likeness (QED) is 0.677. The van der Waals surface area contributed by atoms with E-state index in [0.29, 0.717) is 5.69 Å². The summed E-state index contributed by atoms with van der Waals surface area (Å²) in [6.07, 6.45) is 2.70. The maximum atomic E-state index is 13.3. The molecule has 6 nitrogen and oxygen atoms in total. The predicted octanol–water partition coefficient (Wildman–Crippen LogP) is 3.47. The van der Waals surface area contributed by atoms with Gasteiger partial charge < -0.3 is 5.32 Å². The van der Waals surface area contributed by atoms with Gasteiger partial charge in [0.2, 0.25) is 0 Å². The van der Waals surface area contributed by atoms with E-state index in [2.05, 4.69) is 5.32 Å². The predicted molar refractivity (Wildman–Crippen MR) is 108 cm³/mol. The molecule has 1 aliphatic heterocycles. The van der Waals surface area contributed by atoms with Crippen molar-refractivity contribution >= 4 is 11.9 Å². The first-order valence-corrected chi connectivity index (χ1v) is 10.0. The van der Waals surface area contributed by atoms with Crippen LogP contribution in [-0.2, 0) is 29.7 Å². The Hall–Kier alpha value is -3.48. The van der Waals surface area contributed by atoms with Crippen molar-refractivity contribution in [3.63, 3.8) is 0 Å². The van der Waals surface area contributed by atoms with Crippen LogP contribution < -0.4 is 5.32 Å². The molecule has 1 fully saturated rings. The van der Waals surface area contributed by atoms with E-state index in [1.807, 2.05) is 35.0 Å². The molecule has 7 heteroatoms. The van der Waals surface area contributed by atoms with Crippen molar-refractivity contribution in [2.75, 3.05) is 0 Å². The summed E-state index contributed by atoms with van der Waals surface area (Å²) >= 11 is 0. The number of urea groups is 1. The fourth-order valence-electron chi connectivity index (χ4n) is 4.39. The molecule has 3 amide bonds. The van der Waals surface area contributed by atoms with Gasteiger partial charge in [-0.15, -0.1) is 0 Å². The van der Waals surface area contributed by atoms with E-state index in [-0.39, 0.29) is 18.3 Å². The van der Waals surface area contributed by atoms with Gasteiger partial charge in [0.25, 0.3) is 5.91 Å². The van der Waals surface area contributed by atoms with Crippen molar-refractivity contribution in [1.82, 2.24) is 20.0 Å². The van der Waals surface area contributed by atoms with Crippen LogP contribution in [-0.4, -0.2) is 26.6 Å². The van der Waals surface area contributed by atoms with Crippen LogP contribution >= 0.6 is 0 Å². The molecule has 0 spiro atoms. The Kier molecular flexibility index (Phi) is 4.20. The van der Waals surface area contributed by atoms with Crippen LogP contribution in [0.5, 0.6) is 0 Å². The van der Waals surface area contributed by atoms with Gasteiger partial charge in [-0.2, -0.15) is 5.10 Å². The summed E-state index contributed by atoms with van der Waals surface area (Å²) in [6.45, 7) is 1.84. The summed E-state index contributed by atoms with van der Waals surface area (Å²) in [4.78, 5) is 27.2. The normalized spacial score (nSPS) is 20.5. The molecular weight excluding hydrogens is 383 g/mol. The minimum absolute atomic E-state index is 0.115. The van der Waals surface area contributed by atoms with Gasteiger partial charge in [-0.25, -0.2) is 13.9 Å². The van der Waals surface area contributed by atoms with Crippen LogP contribution in [0.2, 0.25) is 0 Å². The minimum atomic E-state index is -1.10. The van der Waals surface area contributed by atoms with Crippen molar-refractivity contribution < 1.29 is 14.0 Å². The molecule has 152 valence electrons. The third kappa shape index (κ3) is 2.81. The molecule has 2 aromatic carbocycles. The van der Waals surface area contributed by atoms with Crippen molar-refractivity contribution in [3.8, 4) is 5.69 Å². The molecule has 1 saturated heterocycles. The second-order valence-electron chi connectivity index (χ2n) is 7.93. The van der Waals surface area contributed by atoms with Crippen molar-refractivity contribution in [1.29, 1.82) is 0 Å². The largest absolute Gasteiger partial charge is 0.325 e. The molecule has 3 aromatic rings. The number of aromatic nitrogens is 2. The lowest BCUT2D eigenvalue weighted by atomic mass is 9.92. The van der Waals surface area contributed by atoms with Crippen LogP contribution in [0.1, 0.15) is 35.9 Å². The Morgan fingerprint density at radius 3 is 2.53 bits per heavy atom. The number of carbonyl (C=O) groups is 2. The molecule has 1 aromatic heterocycles. The lowest BCUT2D eigenvalue weighted by molar-refractivity contribution is -0.131. The highest BCUT2D eigenvalue weighted by molar-refractivity contribution is 6.07. The molecule has 5 rings (SSSR count). The maximum Gasteiger partial charge on any atom is 0.325 e. The van der Waals surface area contributed by atoms with Gasteiger partial charge in [-0.1, -0.05) is 30.3 Å². The van der Waals surface area contributed by atoms with Gasteiger partial charge in [-0.3, -0.25) is 9.69 Å².